The molecule has 0 fully saturated rings. The summed E-state index contributed by atoms with van der Waals surface area (Å²) in [5.74, 6) is 0.582. The molecular weight excluding hydrogens is 460 g/mol. The van der Waals surface area contributed by atoms with Crippen molar-refractivity contribution in [2.75, 3.05) is 6.61 Å². The average molecular weight is 537 g/mol. The predicted octanol–water partition coefficient (Wildman–Crippen LogP) is 13.6. The van der Waals surface area contributed by atoms with Crippen molar-refractivity contribution >= 4 is 0 Å². The number of allylic oxidation sites excluding steroid dienone is 3. The van der Waals surface area contributed by atoms with Gasteiger partial charge in [0.2, 0.25) is 0 Å². The highest BCUT2D eigenvalue weighted by atomic mass is 16.3. The fourth-order valence-electron chi connectivity index (χ4n) is 4.55. The van der Waals surface area contributed by atoms with Gasteiger partial charge in [-0.3, -0.25) is 0 Å². The molecule has 230 valence electrons. The van der Waals surface area contributed by atoms with Gasteiger partial charge in [0, 0.05) is 6.61 Å². The van der Waals surface area contributed by atoms with E-state index in [2.05, 4.69) is 53.3 Å². The van der Waals surface area contributed by atoms with Crippen molar-refractivity contribution in [2.24, 2.45) is 5.92 Å². The molecule has 0 amide bonds. The third-order valence-electron chi connectivity index (χ3n) is 7.32. The Morgan fingerprint density at radius 2 is 0.763 bits per heavy atom. The molecule has 1 unspecified atom stereocenters. The Kier molecular flexibility index (Phi) is 48.0. The minimum Gasteiger partial charge on any atom is -0.396 e. The van der Waals surface area contributed by atoms with E-state index in [0.29, 0.717) is 12.5 Å². The van der Waals surface area contributed by atoms with E-state index in [1.807, 2.05) is 6.08 Å². The molecule has 0 saturated carbocycles. The minimum atomic E-state index is 0.403. The Morgan fingerprint density at radius 3 is 1.11 bits per heavy atom. The highest BCUT2D eigenvalue weighted by Crippen LogP contribution is 2.18. The van der Waals surface area contributed by atoms with Crippen molar-refractivity contribution in [1.29, 1.82) is 0 Å². The standard InChI is InChI=1S/C15H32O.C14H28.C8H16/c1-3-5-7-9-11-13-15(14-16)12-10-8-6-4-2;1-3-5-7-9-11-13-14-12-10-8-6-4-2;1-3-5-7-8-6-4-2/h15-16H,3-14H2,1-2H3;13-14H,3-12H2,1-2H3;3H,1,4-8H2,2H3/b;14-13+;. The molecule has 1 heteroatoms. The lowest BCUT2D eigenvalue weighted by molar-refractivity contribution is 0.204. The normalized spacial score (nSPS) is 11.5. The number of unbranched alkanes of at least 4 members (excludes halogenated alkanes) is 19. The molecule has 0 saturated heterocycles. The molecule has 0 heterocycles. The fraction of sp³-hybridized carbons (Fsp3) is 0.892. The molecule has 0 aromatic carbocycles. The van der Waals surface area contributed by atoms with Gasteiger partial charge in [0.15, 0.2) is 0 Å². The number of aliphatic hydroxyl groups excluding tert-OH is 1. The summed E-state index contributed by atoms with van der Waals surface area (Å²) in [5, 5.41) is 9.29. The maximum Gasteiger partial charge on any atom is 0.0459 e. The molecular formula is C37H76O. The van der Waals surface area contributed by atoms with Crippen molar-refractivity contribution in [1.82, 2.24) is 0 Å². The fourth-order valence-corrected chi connectivity index (χ4v) is 4.55. The van der Waals surface area contributed by atoms with Gasteiger partial charge in [0.25, 0.3) is 0 Å². The first-order valence-corrected chi connectivity index (χ1v) is 17.5. The van der Waals surface area contributed by atoms with Gasteiger partial charge >= 0.3 is 0 Å². The van der Waals surface area contributed by atoms with Gasteiger partial charge in [-0.15, -0.1) is 6.58 Å². The van der Waals surface area contributed by atoms with Crippen molar-refractivity contribution in [3.05, 3.63) is 24.8 Å². The molecule has 0 aromatic heterocycles. The molecule has 0 aliphatic carbocycles. The van der Waals surface area contributed by atoms with E-state index in [0.717, 1.165) is 0 Å². The molecule has 38 heavy (non-hydrogen) atoms. The van der Waals surface area contributed by atoms with Gasteiger partial charge in [0.05, 0.1) is 0 Å². The van der Waals surface area contributed by atoms with Crippen LogP contribution in [0.5, 0.6) is 0 Å². The Bertz CT molecular complexity index is 386. The van der Waals surface area contributed by atoms with Gasteiger partial charge in [-0.05, 0) is 57.3 Å². The Morgan fingerprint density at radius 1 is 0.447 bits per heavy atom. The van der Waals surface area contributed by atoms with Gasteiger partial charge in [-0.2, -0.15) is 0 Å². The van der Waals surface area contributed by atoms with Gasteiger partial charge in [-0.1, -0.05) is 168 Å². The first-order chi connectivity index (χ1) is 18.7. The first-order valence-electron chi connectivity index (χ1n) is 17.5. The minimum absolute atomic E-state index is 0.403. The third-order valence-corrected chi connectivity index (χ3v) is 7.32. The molecule has 0 aliphatic rings. The zero-order valence-electron chi connectivity index (χ0n) is 27.6. The van der Waals surface area contributed by atoms with E-state index in [1.165, 1.54) is 167 Å². The second-order valence-electron chi connectivity index (χ2n) is 11.4. The van der Waals surface area contributed by atoms with Crippen LogP contribution in [0.2, 0.25) is 0 Å². The highest BCUT2D eigenvalue weighted by Gasteiger charge is 2.06. The summed E-state index contributed by atoms with van der Waals surface area (Å²) in [5.41, 5.74) is 0. The molecule has 0 spiro atoms. The summed E-state index contributed by atoms with van der Waals surface area (Å²) >= 11 is 0. The summed E-state index contributed by atoms with van der Waals surface area (Å²) in [7, 11) is 0. The van der Waals surface area contributed by atoms with Crippen LogP contribution in [0.15, 0.2) is 24.8 Å². The van der Waals surface area contributed by atoms with Crippen LogP contribution in [0.3, 0.4) is 0 Å². The van der Waals surface area contributed by atoms with E-state index in [4.69, 9.17) is 0 Å². The summed E-state index contributed by atoms with van der Waals surface area (Å²) in [6.45, 7) is 15.3. The van der Waals surface area contributed by atoms with E-state index in [-0.39, 0.29) is 0 Å². The largest absolute Gasteiger partial charge is 0.396 e. The van der Waals surface area contributed by atoms with Crippen LogP contribution in [-0.4, -0.2) is 11.7 Å². The van der Waals surface area contributed by atoms with Crippen LogP contribution in [0, 0.1) is 5.92 Å². The summed E-state index contributed by atoms with van der Waals surface area (Å²) in [6.07, 6.45) is 41.6. The molecule has 0 aliphatic heterocycles. The maximum atomic E-state index is 9.29. The summed E-state index contributed by atoms with van der Waals surface area (Å²) in [6, 6.07) is 0. The van der Waals surface area contributed by atoms with Crippen LogP contribution in [0.1, 0.15) is 202 Å². The van der Waals surface area contributed by atoms with Crippen molar-refractivity contribution < 1.29 is 5.11 Å². The molecule has 0 radical (unpaired) electrons. The molecule has 1 nitrogen and oxygen atoms in total. The van der Waals surface area contributed by atoms with E-state index >= 15 is 0 Å². The van der Waals surface area contributed by atoms with Crippen molar-refractivity contribution in [2.45, 2.75) is 202 Å². The Hall–Kier alpha value is -0.560. The van der Waals surface area contributed by atoms with Gasteiger partial charge in [-0.25, -0.2) is 0 Å². The summed E-state index contributed by atoms with van der Waals surface area (Å²) < 4.78 is 0. The van der Waals surface area contributed by atoms with Crippen LogP contribution >= 0.6 is 0 Å². The molecule has 0 aromatic rings. The van der Waals surface area contributed by atoms with Gasteiger partial charge < -0.3 is 5.11 Å². The Balaban J connectivity index is -0.000000510. The molecule has 0 rings (SSSR count). The van der Waals surface area contributed by atoms with E-state index < -0.39 is 0 Å². The first kappa shape index (κ1) is 41.9. The lowest BCUT2D eigenvalue weighted by atomic mass is 9.95. The van der Waals surface area contributed by atoms with Gasteiger partial charge in [0.1, 0.15) is 0 Å². The topological polar surface area (TPSA) is 20.2 Å². The van der Waals surface area contributed by atoms with E-state index in [1.54, 1.807) is 0 Å². The smallest absolute Gasteiger partial charge is 0.0459 e. The van der Waals surface area contributed by atoms with Crippen molar-refractivity contribution in [3.8, 4) is 0 Å². The molecule has 0 bridgehead atoms. The second-order valence-corrected chi connectivity index (χ2v) is 11.4. The maximum absolute atomic E-state index is 9.29. The van der Waals surface area contributed by atoms with Crippen LogP contribution in [-0.2, 0) is 0 Å². The van der Waals surface area contributed by atoms with Crippen LogP contribution in [0.4, 0.5) is 0 Å². The monoisotopic (exact) mass is 537 g/mol. The number of hydrogen-bond acceptors (Lipinski definition) is 1. The summed E-state index contributed by atoms with van der Waals surface area (Å²) in [4.78, 5) is 0. The lowest BCUT2D eigenvalue weighted by Crippen LogP contribution is -2.06. The SMILES string of the molecule is C=CCCCCCC.CCCCCC/C=C/CCCCCC.CCCCCCCC(CO)CCCCCC. The van der Waals surface area contributed by atoms with Crippen LogP contribution < -0.4 is 0 Å². The molecule has 1 atom stereocenters. The predicted molar refractivity (Wildman–Crippen MR) is 178 cm³/mol. The van der Waals surface area contributed by atoms with Crippen LogP contribution in [0.25, 0.3) is 0 Å². The zero-order valence-corrected chi connectivity index (χ0v) is 27.6. The highest BCUT2D eigenvalue weighted by molar-refractivity contribution is 4.81. The van der Waals surface area contributed by atoms with Crippen molar-refractivity contribution in [3.63, 3.8) is 0 Å². The lowest BCUT2D eigenvalue weighted by Gasteiger charge is -2.13. The number of hydrogen-bond donors (Lipinski definition) is 1. The second kappa shape index (κ2) is 43.5. The zero-order chi connectivity index (χ0) is 28.8. The number of rotatable bonds is 27. The molecule has 1 N–H and O–H groups in total. The third kappa shape index (κ3) is 45.4. The van der Waals surface area contributed by atoms with E-state index in [9.17, 15) is 5.11 Å². The Labute approximate surface area is 243 Å². The average Bonchev–Trinajstić information content (AvgIpc) is 2.94. The quantitative estimate of drug-likeness (QED) is 0.0817. The number of aliphatic hydroxyl groups is 1.